The molecule has 0 radical (unpaired) electrons. The van der Waals surface area contributed by atoms with Gasteiger partial charge in [-0.2, -0.15) is 43.9 Å². The van der Waals surface area contributed by atoms with Gasteiger partial charge in [0.05, 0.1) is 0 Å². The van der Waals surface area contributed by atoms with Crippen LogP contribution in [0.4, 0.5) is 48.3 Å². The first-order valence-electron chi connectivity index (χ1n) is 3.34. The maximum atomic E-state index is 12.0. The van der Waals surface area contributed by atoms with Gasteiger partial charge in [0.2, 0.25) is 0 Å². The molecule has 0 aliphatic heterocycles. The Balaban J connectivity index is 5.01. The van der Waals surface area contributed by atoms with Crippen LogP contribution in [0.2, 0.25) is 0 Å². The lowest BCUT2D eigenvalue weighted by molar-refractivity contribution is -0.475. The lowest BCUT2D eigenvalue weighted by Gasteiger charge is -2.27. The standard InChI is InChI=1S/C5HF11O/c6-1(2(7,8)9)3(10,11)17-5(15,16)4(12,13)14/h1H. The molecule has 0 fully saturated rings. The Morgan fingerprint density at radius 1 is 0.706 bits per heavy atom. The van der Waals surface area contributed by atoms with E-state index in [9.17, 15) is 48.3 Å². The summed E-state index contributed by atoms with van der Waals surface area (Å²) < 4.78 is 129. The summed E-state index contributed by atoms with van der Waals surface area (Å²) in [5.74, 6) is 0. The van der Waals surface area contributed by atoms with Crippen LogP contribution in [0, 0.1) is 0 Å². The predicted octanol–water partition coefficient (Wildman–Crippen LogP) is 3.65. The highest BCUT2D eigenvalue weighted by Gasteiger charge is 2.69. The second-order valence-electron chi connectivity index (χ2n) is 2.58. The number of halogens is 11. The first-order chi connectivity index (χ1) is 7.11. The molecule has 0 aromatic heterocycles. The molecule has 0 heterocycles. The number of rotatable bonds is 3. The Kier molecular flexibility index (Phi) is 3.94. The molecular formula is C5HF11O. The summed E-state index contributed by atoms with van der Waals surface area (Å²) in [5.41, 5.74) is 0. The van der Waals surface area contributed by atoms with Crippen molar-refractivity contribution in [2.24, 2.45) is 0 Å². The minimum absolute atomic E-state index is 1.59. The van der Waals surface area contributed by atoms with Crippen LogP contribution in [0.3, 0.4) is 0 Å². The number of hydrogen-bond acceptors (Lipinski definition) is 1. The lowest BCUT2D eigenvalue weighted by Crippen LogP contribution is -2.51. The van der Waals surface area contributed by atoms with Crippen LogP contribution >= 0.6 is 0 Å². The molecule has 12 heteroatoms. The second kappa shape index (κ2) is 4.14. The van der Waals surface area contributed by atoms with E-state index in [0.29, 0.717) is 0 Å². The molecule has 0 saturated heterocycles. The van der Waals surface area contributed by atoms with E-state index in [1.54, 1.807) is 4.74 Å². The topological polar surface area (TPSA) is 9.23 Å². The Morgan fingerprint density at radius 2 is 1.06 bits per heavy atom. The Morgan fingerprint density at radius 3 is 1.29 bits per heavy atom. The third kappa shape index (κ3) is 3.85. The van der Waals surface area contributed by atoms with Crippen LogP contribution in [0.1, 0.15) is 0 Å². The largest absolute Gasteiger partial charge is 0.483 e. The van der Waals surface area contributed by atoms with Crippen LogP contribution in [-0.2, 0) is 4.74 Å². The summed E-state index contributed by atoms with van der Waals surface area (Å²) in [6.07, 6.45) is -31.4. The Labute approximate surface area is 85.1 Å². The van der Waals surface area contributed by atoms with Crippen LogP contribution < -0.4 is 0 Å². The van der Waals surface area contributed by atoms with Gasteiger partial charge in [-0.3, -0.25) is 0 Å². The van der Waals surface area contributed by atoms with Crippen molar-refractivity contribution >= 4 is 0 Å². The van der Waals surface area contributed by atoms with E-state index in [1.807, 2.05) is 0 Å². The van der Waals surface area contributed by atoms with E-state index in [-0.39, 0.29) is 0 Å². The Bertz CT molecular complexity index is 262. The van der Waals surface area contributed by atoms with E-state index in [0.717, 1.165) is 0 Å². The number of ether oxygens (including phenoxy) is 1. The molecule has 17 heavy (non-hydrogen) atoms. The minimum Gasteiger partial charge on any atom is -0.245 e. The average molecular weight is 286 g/mol. The third-order valence-corrected chi connectivity index (χ3v) is 1.18. The molecule has 0 amide bonds. The smallest absolute Gasteiger partial charge is 0.245 e. The molecule has 104 valence electrons. The van der Waals surface area contributed by atoms with Crippen LogP contribution in [0.5, 0.6) is 0 Å². The van der Waals surface area contributed by atoms with Gasteiger partial charge >= 0.3 is 24.6 Å². The molecule has 0 aromatic rings. The van der Waals surface area contributed by atoms with Gasteiger partial charge in [-0.25, -0.2) is 9.13 Å². The minimum atomic E-state index is -6.71. The zero-order valence-electron chi connectivity index (χ0n) is 7.14. The van der Waals surface area contributed by atoms with Crippen molar-refractivity contribution in [3.63, 3.8) is 0 Å². The molecule has 1 nitrogen and oxygen atoms in total. The summed E-state index contributed by atoms with van der Waals surface area (Å²) >= 11 is 0. The van der Waals surface area contributed by atoms with Crippen molar-refractivity contribution in [2.45, 2.75) is 30.7 Å². The van der Waals surface area contributed by atoms with Gasteiger partial charge in [0.1, 0.15) is 0 Å². The molecule has 0 saturated carbocycles. The summed E-state index contributed by atoms with van der Waals surface area (Å²) in [4.78, 5) is 0. The zero-order chi connectivity index (χ0) is 14.3. The molecule has 0 aliphatic carbocycles. The van der Waals surface area contributed by atoms with Gasteiger partial charge in [-0.05, 0) is 0 Å². The summed E-state index contributed by atoms with van der Waals surface area (Å²) in [5, 5.41) is 0. The highest BCUT2D eigenvalue weighted by Crippen LogP contribution is 2.44. The lowest BCUT2D eigenvalue weighted by atomic mass is 10.3. The third-order valence-electron chi connectivity index (χ3n) is 1.18. The van der Waals surface area contributed by atoms with Crippen molar-refractivity contribution in [3.8, 4) is 0 Å². The zero-order valence-corrected chi connectivity index (χ0v) is 7.14. The second-order valence-corrected chi connectivity index (χ2v) is 2.58. The predicted molar refractivity (Wildman–Crippen MR) is 28.0 cm³/mol. The fourth-order valence-electron chi connectivity index (χ4n) is 0.471. The molecular weight excluding hydrogens is 285 g/mol. The fraction of sp³-hybridized carbons (Fsp3) is 1.00. The van der Waals surface area contributed by atoms with Crippen LogP contribution in [-0.4, -0.2) is 30.7 Å². The van der Waals surface area contributed by atoms with E-state index < -0.39 is 30.7 Å². The highest BCUT2D eigenvalue weighted by molar-refractivity contribution is 4.78. The average Bonchev–Trinajstić information content (AvgIpc) is 1.96. The highest BCUT2D eigenvalue weighted by atomic mass is 19.4. The van der Waals surface area contributed by atoms with Gasteiger partial charge in [0, 0.05) is 0 Å². The van der Waals surface area contributed by atoms with E-state index in [4.69, 9.17) is 0 Å². The van der Waals surface area contributed by atoms with Crippen molar-refractivity contribution in [2.75, 3.05) is 0 Å². The Hall–Kier alpha value is -0.810. The molecule has 0 aromatic carbocycles. The SMILES string of the molecule is FC(C(F)(F)F)C(F)(F)OC(F)(F)C(F)(F)F. The van der Waals surface area contributed by atoms with Gasteiger partial charge in [-0.1, -0.05) is 0 Å². The van der Waals surface area contributed by atoms with Crippen molar-refractivity contribution in [1.29, 1.82) is 0 Å². The fourth-order valence-corrected chi connectivity index (χ4v) is 0.471. The van der Waals surface area contributed by atoms with Crippen molar-refractivity contribution in [3.05, 3.63) is 0 Å². The summed E-state index contributed by atoms with van der Waals surface area (Å²) in [6.45, 7) is 0. The van der Waals surface area contributed by atoms with Crippen molar-refractivity contribution < 1.29 is 53.0 Å². The molecule has 0 aliphatic rings. The maximum absolute atomic E-state index is 12.0. The van der Waals surface area contributed by atoms with Gasteiger partial charge < -0.3 is 0 Å². The molecule has 0 bridgehead atoms. The van der Waals surface area contributed by atoms with Crippen LogP contribution in [0.15, 0.2) is 0 Å². The first-order valence-corrected chi connectivity index (χ1v) is 3.34. The van der Waals surface area contributed by atoms with E-state index >= 15 is 0 Å². The first kappa shape index (κ1) is 16.2. The van der Waals surface area contributed by atoms with E-state index in [1.165, 1.54) is 0 Å². The van der Waals surface area contributed by atoms with Gasteiger partial charge in [0.25, 0.3) is 6.17 Å². The van der Waals surface area contributed by atoms with Crippen LogP contribution in [0.25, 0.3) is 0 Å². The van der Waals surface area contributed by atoms with Gasteiger partial charge in [-0.15, -0.1) is 0 Å². The molecule has 0 rings (SSSR count). The number of alkyl halides is 11. The number of hydrogen-bond donors (Lipinski definition) is 0. The molecule has 1 unspecified atom stereocenters. The van der Waals surface area contributed by atoms with Gasteiger partial charge in [0.15, 0.2) is 0 Å². The molecule has 0 N–H and O–H groups in total. The quantitative estimate of drug-likeness (QED) is 0.719. The maximum Gasteiger partial charge on any atom is 0.483 e. The van der Waals surface area contributed by atoms with Crippen molar-refractivity contribution in [1.82, 2.24) is 0 Å². The summed E-state index contributed by atoms with van der Waals surface area (Å²) in [6, 6.07) is 0. The summed E-state index contributed by atoms with van der Waals surface area (Å²) in [7, 11) is 0. The molecule has 0 spiro atoms. The van der Waals surface area contributed by atoms with E-state index in [2.05, 4.69) is 0 Å². The monoisotopic (exact) mass is 286 g/mol. The normalized spacial score (nSPS) is 17.1. The molecule has 1 atom stereocenters.